The van der Waals surface area contributed by atoms with Crippen LogP contribution >= 0.6 is 11.3 Å². The lowest BCUT2D eigenvalue weighted by Gasteiger charge is -2.09. The lowest BCUT2D eigenvalue weighted by molar-refractivity contribution is 0.785. The predicted octanol–water partition coefficient (Wildman–Crippen LogP) is 2.35. The maximum Gasteiger partial charge on any atom is 0.143 e. The number of nitrogens with zero attached hydrogens (tertiary/aromatic N) is 5. The number of hydrogen-bond acceptors (Lipinski definition) is 6. The second kappa shape index (κ2) is 5.38. The van der Waals surface area contributed by atoms with Crippen LogP contribution in [0.4, 0.5) is 5.69 Å². The Hall–Kier alpha value is -2.28. The molecular formula is C13H14N6S. The molecule has 0 fully saturated rings. The fraction of sp³-hybridized carbons (Fsp3) is 0.231. The molecule has 1 N–H and O–H groups in total. The van der Waals surface area contributed by atoms with Gasteiger partial charge in [-0.15, -0.1) is 16.4 Å². The summed E-state index contributed by atoms with van der Waals surface area (Å²) in [6.07, 6.45) is 1.59. The highest BCUT2D eigenvalue weighted by atomic mass is 32.1. The largest absolute Gasteiger partial charge is 0.378 e. The Morgan fingerprint density at radius 3 is 2.90 bits per heavy atom. The number of rotatable bonds is 4. The molecule has 20 heavy (non-hydrogen) atoms. The molecule has 0 radical (unpaired) electrons. The number of thiazole rings is 1. The maximum atomic E-state index is 4.43. The quantitative estimate of drug-likeness (QED) is 0.797. The minimum Gasteiger partial charge on any atom is -0.378 e. The molecule has 6 nitrogen and oxygen atoms in total. The normalized spacial score (nSPS) is 10.7. The summed E-state index contributed by atoms with van der Waals surface area (Å²) in [6.45, 7) is 4.75. The van der Waals surface area contributed by atoms with Gasteiger partial charge in [0.15, 0.2) is 0 Å². The Kier molecular flexibility index (Phi) is 3.42. The summed E-state index contributed by atoms with van der Waals surface area (Å²) in [5.41, 5.74) is 4.17. The van der Waals surface area contributed by atoms with Gasteiger partial charge in [0.1, 0.15) is 11.3 Å². The fourth-order valence-electron chi connectivity index (χ4n) is 1.90. The van der Waals surface area contributed by atoms with Crippen molar-refractivity contribution >= 4 is 17.0 Å². The first kappa shape index (κ1) is 12.7. The van der Waals surface area contributed by atoms with Gasteiger partial charge in [0, 0.05) is 16.8 Å². The van der Waals surface area contributed by atoms with Gasteiger partial charge in [0.25, 0.3) is 0 Å². The topological polar surface area (TPSA) is 68.5 Å². The second-order valence-corrected chi connectivity index (χ2v) is 5.43. The molecule has 2 heterocycles. The molecule has 3 aromatic rings. The maximum absolute atomic E-state index is 4.43. The summed E-state index contributed by atoms with van der Waals surface area (Å²) >= 11 is 1.66. The molecular weight excluding hydrogens is 272 g/mol. The van der Waals surface area contributed by atoms with E-state index in [1.807, 2.05) is 32.0 Å². The summed E-state index contributed by atoms with van der Waals surface area (Å²) in [5, 5.41) is 17.8. The summed E-state index contributed by atoms with van der Waals surface area (Å²) in [4.78, 5) is 4.43. The third kappa shape index (κ3) is 2.67. The van der Waals surface area contributed by atoms with Gasteiger partial charge in [-0.2, -0.15) is 0 Å². The molecule has 0 aliphatic rings. The Morgan fingerprint density at radius 2 is 2.20 bits per heavy atom. The van der Waals surface area contributed by atoms with Crippen molar-refractivity contribution in [3.8, 4) is 5.69 Å². The molecule has 0 aliphatic carbocycles. The van der Waals surface area contributed by atoms with Crippen LogP contribution in [0.2, 0.25) is 0 Å². The molecule has 0 atom stereocenters. The minimum absolute atomic E-state index is 0.719. The van der Waals surface area contributed by atoms with Crippen LogP contribution < -0.4 is 5.32 Å². The lowest BCUT2D eigenvalue weighted by atomic mass is 10.2. The molecule has 0 saturated carbocycles. The highest BCUT2D eigenvalue weighted by molar-refractivity contribution is 7.09. The van der Waals surface area contributed by atoms with Crippen LogP contribution in [0.15, 0.2) is 29.9 Å². The number of benzene rings is 1. The molecule has 1 aromatic carbocycles. The first-order valence-electron chi connectivity index (χ1n) is 6.21. The first-order chi connectivity index (χ1) is 9.72. The highest BCUT2D eigenvalue weighted by Crippen LogP contribution is 2.19. The molecule has 0 amide bonds. The Labute approximate surface area is 120 Å². The Bertz CT molecular complexity index is 703. The van der Waals surface area contributed by atoms with E-state index in [9.17, 15) is 0 Å². The molecule has 2 aromatic heterocycles. The van der Waals surface area contributed by atoms with Crippen molar-refractivity contribution in [2.45, 2.75) is 20.4 Å². The number of aryl methyl sites for hydroxylation is 2. The zero-order chi connectivity index (χ0) is 13.9. The van der Waals surface area contributed by atoms with E-state index in [1.54, 1.807) is 22.3 Å². The van der Waals surface area contributed by atoms with Crippen molar-refractivity contribution in [3.05, 3.63) is 46.2 Å². The van der Waals surface area contributed by atoms with Crippen LogP contribution in [0.1, 0.15) is 16.3 Å². The van der Waals surface area contributed by atoms with Gasteiger partial charge < -0.3 is 5.32 Å². The van der Waals surface area contributed by atoms with E-state index in [0.717, 1.165) is 34.2 Å². The third-order valence-electron chi connectivity index (χ3n) is 2.92. The van der Waals surface area contributed by atoms with Gasteiger partial charge in [-0.1, -0.05) is 6.07 Å². The van der Waals surface area contributed by atoms with Crippen LogP contribution in [0.5, 0.6) is 0 Å². The van der Waals surface area contributed by atoms with E-state index in [2.05, 4.69) is 31.2 Å². The zero-order valence-corrected chi connectivity index (χ0v) is 12.1. The second-order valence-electron chi connectivity index (χ2n) is 4.49. The molecule has 0 spiro atoms. The van der Waals surface area contributed by atoms with Crippen LogP contribution in [-0.2, 0) is 6.54 Å². The van der Waals surface area contributed by atoms with E-state index in [-0.39, 0.29) is 0 Å². The minimum atomic E-state index is 0.719. The number of nitrogens with one attached hydrogen (secondary N) is 1. The Morgan fingerprint density at radius 1 is 1.30 bits per heavy atom. The SMILES string of the molecule is Cc1csc(CNc2ccc(C)c(-n3cnnn3)c2)n1. The van der Waals surface area contributed by atoms with Crippen molar-refractivity contribution in [1.29, 1.82) is 0 Å². The van der Waals surface area contributed by atoms with Crippen molar-refractivity contribution < 1.29 is 0 Å². The third-order valence-corrected chi connectivity index (χ3v) is 3.88. The smallest absolute Gasteiger partial charge is 0.143 e. The summed E-state index contributed by atoms with van der Waals surface area (Å²) in [5.74, 6) is 0. The van der Waals surface area contributed by atoms with Crippen molar-refractivity contribution in [2.75, 3.05) is 5.32 Å². The van der Waals surface area contributed by atoms with Gasteiger partial charge in [0.05, 0.1) is 12.2 Å². The van der Waals surface area contributed by atoms with Gasteiger partial charge >= 0.3 is 0 Å². The van der Waals surface area contributed by atoms with E-state index < -0.39 is 0 Å². The molecule has 3 rings (SSSR count). The summed E-state index contributed by atoms with van der Waals surface area (Å²) in [7, 11) is 0. The molecule has 0 saturated heterocycles. The van der Waals surface area contributed by atoms with Crippen molar-refractivity contribution in [1.82, 2.24) is 25.2 Å². The highest BCUT2D eigenvalue weighted by Gasteiger charge is 2.05. The van der Waals surface area contributed by atoms with Crippen molar-refractivity contribution in [3.63, 3.8) is 0 Å². The van der Waals surface area contributed by atoms with Crippen LogP contribution in [0.3, 0.4) is 0 Å². The van der Waals surface area contributed by atoms with E-state index >= 15 is 0 Å². The standard InChI is InChI=1S/C13H14N6S/c1-9-3-4-11(5-12(9)19-8-15-17-18-19)14-6-13-16-10(2)7-20-13/h3-5,7-8,14H,6H2,1-2H3. The van der Waals surface area contributed by atoms with E-state index in [0.29, 0.717) is 0 Å². The molecule has 0 unspecified atom stereocenters. The van der Waals surface area contributed by atoms with Gasteiger partial charge in [0.2, 0.25) is 0 Å². The van der Waals surface area contributed by atoms with Crippen LogP contribution in [-0.4, -0.2) is 25.2 Å². The lowest BCUT2D eigenvalue weighted by Crippen LogP contribution is -2.02. The number of anilines is 1. The first-order valence-corrected chi connectivity index (χ1v) is 7.09. The number of hydrogen-bond donors (Lipinski definition) is 1. The molecule has 102 valence electrons. The summed E-state index contributed by atoms with van der Waals surface area (Å²) < 4.78 is 1.66. The predicted molar refractivity (Wildman–Crippen MR) is 78.1 cm³/mol. The fourth-order valence-corrected chi connectivity index (χ4v) is 2.61. The number of aromatic nitrogens is 5. The van der Waals surface area contributed by atoms with Gasteiger partial charge in [-0.3, -0.25) is 0 Å². The van der Waals surface area contributed by atoms with Crippen LogP contribution in [0.25, 0.3) is 5.69 Å². The van der Waals surface area contributed by atoms with E-state index in [1.165, 1.54) is 0 Å². The monoisotopic (exact) mass is 286 g/mol. The average molecular weight is 286 g/mol. The van der Waals surface area contributed by atoms with Gasteiger partial charge in [-0.25, -0.2) is 9.67 Å². The average Bonchev–Trinajstić information content (AvgIpc) is 3.09. The molecule has 7 heteroatoms. The van der Waals surface area contributed by atoms with Crippen molar-refractivity contribution in [2.24, 2.45) is 0 Å². The number of tetrazole rings is 1. The van der Waals surface area contributed by atoms with Crippen LogP contribution in [0, 0.1) is 13.8 Å². The summed E-state index contributed by atoms with van der Waals surface area (Å²) in [6, 6.07) is 6.13. The Balaban J connectivity index is 1.79. The van der Waals surface area contributed by atoms with Gasteiger partial charge in [-0.05, 0) is 42.0 Å². The van der Waals surface area contributed by atoms with E-state index in [4.69, 9.17) is 0 Å². The molecule has 0 bridgehead atoms. The zero-order valence-electron chi connectivity index (χ0n) is 11.2. The molecule has 0 aliphatic heterocycles.